The van der Waals surface area contributed by atoms with Gasteiger partial charge in [-0.05, 0) is 12.8 Å². The second kappa shape index (κ2) is 3.21. The third kappa shape index (κ3) is 1.32. The summed E-state index contributed by atoms with van der Waals surface area (Å²) in [5.74, 6) is 1.08. The van der Waals surface area contributed by atoms with E-state index in [1.165, 1.54) is 0 Å². The lowest BCUT2D eigenvalue weighted by Crippen LogP contribution is -2.24. The van der Waals surface area contributed by atoms with Gasteiger partial charge in [-0.3, -0.25) is 0 Å². The molecule has 0 saturated heterocycles. The van der Waals surface area contributed by atoms with Gasteiger partial charge in [-0.15, -0.1) is 0 Å². The van der Waals surface area contributed by atoms with Gasteiger partial charge < -0.3 is 4.98 Å². The molecule has 0 saturated carbocycles. The van der Waals surface area contributed by atoms with E-state index in [1.807, 2.05) is 12.4 Å². The van der Waals surface area contributed by atoms with Crippen LogP contribution in [0.15, 0.2) is 36.7 Å². The first-order valence-corrected chi connectivity index (χ1v) is 4.71. The Hall–Kier alpha value is -1.31. The van der Waals surface area contributed by atoms with Gasteiger partial charge in [-0.1, -0.05) is 31.2 Å². The van der Waals surface area contributed by atoms with E-state index in [0.717, 1.165) is 18.7 Å². The second-order valence-electron chi connectivity index (χ2n) is 3.44. The second-order valence-corrected chi connectivity index (χ2v) is 3.44. The van der Waals surface area contributed by atoms with Crippen LogP contribution in [-0.4, -0.2) is 9.97 Å². The van der Waals surface area contributed by atoms with Crippen molar-refractivity contribution in [1.82, 2.24) is 9.97 Å². The predicted molar refractivity (Wildman–Crippen MR) is 53.5 cm³/mol. The van der Waals surface area contributed by atoms with E-state index in [2.05, 4.69) is 41.2 Å². The lowest BCUT2D eigenvalue weighted by atomic mass is 9.78. The summed E-state index contributed by atoms with van der Waals surface area (Å²) >= 11 is 0. The van der Waals surface area contributed by atoms with Gasteiger partial charge in [0.1, 0.15) is 5.82 Å². The van der Waals surface area contributed by atoms with Crippen molar-refractivity contribution in [3.8, 4) is 0 Å². The monoisotopic (exact) mass is 174 g/mol. The highest BCUT2D eigenvalue weighted by atomic mass is 14.9. The maximum Gasteiger partial charge on any atom is 0.116 e. The summed E-state index contributed by atoms with van der Waals surface area (Å²) in [6.45, 7) is 2.20. The van der Waals surface area contributed by atoms with Crippen LogP contribution in [0.25, 0.3) is 0 Å². The van der Waals surface area contributed by atoms with Gasteiger partial charge in [0, 0.05) is 17.8 Å². The average molecular weight is 174 g/mol. The highest BCUT2D eigenvalue weighted by molar-refractivity contribution is 5.27. The van der Waals surface area contributed by atoms with Crippen LogP contribution in [-0.2, 0) is 5.41 Å². The zero-order valence-electron chi connectivity index (χ0n) is 7.83. The van der Waals surface area contributed by atoms with Crippen LogP contribution in [0.5, 0.6) is 0 Å². The molecule has 1 aliphatic rings. The first kappa shape index (κ1) is 8.30. The molecule has 0 radical (unpaired) electrons. The lowest BCUT2D eigenvalue weighted by Gasteiger charge is -2.27. The van der Waals surface area contributed by atoms with Gasteiger partial charge in [0.05, 0.1) is 0 Å². The highest BCUT2D eigenvalue weighted by Crippen LogP contribution is 2.33. The normalized spacial score (nSPS) is 26.5. The minimum atomic E-state index is 0.109. The fourth-order valence-corrected chi connectivity index (χ4v) is 1.81. The molecule has 2 rings (SSSR count). The van der Waals surface area contributed by atoms with Crippen molar-refractivity contribution in [3.05, 3.63) is 42.5 Å². The molecule has 0 bridgehead atoms. The van der Waals surface area contributed by atoms with Gasteiger partial charge in [0.2, 0.25) is 0 Å². The number of nitrogens with one attached hydrogen (secondary N) is 1. The minimum absolute atomic E-state index is 0.109. The average Bonchev–Trinajstić information content (AvgIpc) is 2.72. The molecule has 1 aromatic rings. The van der Waals surface area contributed by atoms with E-state index in [-0.39, 0.29) is 5.41 Å². The molecule has 1 N–H and O–H groups in total. The van der Waals surface area contributed by atoms with Crippen molar-refractivity contribution >= 4 is 0 Å². The Morgan fingerprint density at radius 2 is 2.46 bits per heavy atom. The van der Waals surface area contributed by atoms with Gasteiger partial charge in [0.25, 0.3) is 0 Å². The molecule has 1 atom stereocenters. The van der Waals surface area contributed by atoms with Crippen molar-refractivity contribution in [3.63, 3.8) is 0 Å². The van der Waals surface area contributed by atoms with Crippen molar-refractivity contribution in [2.75, 3.05) is 0 Å². The minimum Gasteiger partial charge on any atom is -0.348 e. The number of aromatic amines is 1. The number of imidazole rings is 1. The van der Waals surface area contributed by atoms with E-state index in [1.54, 1.807) is 0 Å². The van der Waals surface area contributed by atoms with E-state index < -0.39 is 0 Å². The lowest BCUT2D eigenvalue weighted by molar-refractivity contribution is 0.490. The maximum atomic E-state index is 4.34. The standard InChI is InChI=1S/C11H14N2/c1-2-11(6-4-3-5-7-11)10-12-8-9-13-10/h3-6,8-9H,2,7H2,1H3,(H,12,13). The molecule has 2 heteroatoms. The largest absolute Gasteiger partial charge is 0.348 e. The van der Waals surface area contributed by atoms with E-state index in [9.17, 15) is 0 Å². The Balaban J connectivity index is 2.36. The summed E-state index contributed by atoms with van der Waals surface area (Å²) in [5.41, 5.74) is 0.109. The van der Waals surface area contributed by atoms with Crippen LogP contribution in [0.3, 0.4) is 0 Å². The number of allylic oxidation sites excluding steroid dienone is 4. The van der Waals surface area contributed by atoms with Crippen molar-refractivity contribution in [1.29, 1.82) is 0 Å². The predicted octanol–water partition coefficient (Wildman–Crippen LogP) is 2.57. The highest BCUT2D eigenvalue weighted by Gasteiger charge is 2.29. The zero-order valence-corrected chi connectivity index (χ0v) is 7.83. The fraction of sp³-hybridized carbons (Fsp3) is 0.364. The van der Waals surface area contributed by atoms with Gasteiger partial charge >= 0.3 is 0 Å². The number of H-pyrrole nitrogens is 1. The molecule has 68 valence electrons. The Bertz CT molecular complexity index is 322. The van der Waals surface area contributed by atoms with Crippen LogP contribution >= 0.6 is 0 Å². The SMILES string of the molecule is CCC1(c2ncc[nH]2)C=CC=CC1. The summed E-state index contributed by atoms with van der Waals surface area (Å²) in [5, 5.41) is 0. The molecule has 1 unspecified atom stereocenters. The summed E-state index contributed by atoms with van der Waals surface area (Å²) in [7, 11) is 0. The smallest absolute Gasteiger partial charge is 0.116 e. The fourth-order valence-electron chi connectivity index (χ4n) is 1.81. The molecule has 13 heavy (non-hydrogen) atoms. The molecule has 0 spiro atoms. The molecule has 1 aromatic heterocycles. The zero-order chi connectivity index (χ0) is 9.15. The Morgan fingerprint density at radius 1 is 1.54 bits per heavy atom. The van der Waals surface area contributed by atoms with E-state index >= 15 is 0 Å². The van der Waals surface area contributed by atoms with Crippen LogP contribution in [0, 0.1) is 0 Å². The van der Waals surface area contributed by atoms with Crippen molar-refractivity contribution in [2.24, 2.45) is 0 Å². The van der Waals surface area contributed by atoms with E-state index in [4.69, 9.17) is 0 Å². The maximum absolute atomic E-state index is 4.34. The topological polar surface area (TPSA) is 28.7 Å². The van der Waals surface area contributed by atoms with Crippen LogP contribution in [0.2, 0.25) is 0 Å². The first-order chi connectivity index (χ1) is 6.37. The van der Waals surface area contributed by atoms with Crippen LogP contribution in [0.1, 0.15) is 25.6 Å². The molecule has 0 fully saturated rings. The number of nitrogens with zero attached hydrogens (tertiary/aromatic N) is 1. The Kier molecular flexibility index (Phi) is 2.05. The summed E-state index contributed by atoms with van der Waals surface area (Å²) in [6.07, 6.45) is 14.5. The van der Waals surface area contributed by atoms with Crippen LogP contribution < -0.4 is 0 Å². The van der Waals surface area contributed by atoms with Gasteiger partial charge in [-0.25, -0.2) is 4.98 Å². The number of hydrogen-bond acceptors (Lipinski definition) is 1. The molecule has 0 amide bonds. The molecule has 1 heterocycles. The van der Waals surface area contributed by atoms with Gasteiger partial charge in [0.15, 0.2) is 0 Å². The van der Waals surface area contributed by atoms with E-state index in [0.29, 0.717) is 0 Å². The Labute approximate surface area is 78.4 Å². The first-order valence-electron chi connectivity index (χ1n) is 4.71. The molecule has 2 nitrogen and oxygen atoms in total. The molecule has 0 aliphatic heterocycles. The summed E-state index contributed by atoms with van der Waals surface area (Å²) in [6, 6.07) is 0. The quantitative estimate of drug-likeness (QED) is 0.733. The molecular weight excluding hydrogens is 160 g/mol. The summed E-state index contributed by atoms with van der Waals surface area (Å²) < 4.78 is 0. The molecule has 1 aliphatic carbocycles. The number of hydrogen-bond donors (Lipinski definition) is 1. The third-order valence-electron chi connectivity index (χ3n) is 2.75. The van der Waals surface area contributed by atoms with Crippen molar-refractivity contribution < 1.29 is 0 Å². The van der Waals surface area contributed by atoms with Gasteiger partial charge in [-0.2, -0.15) is 0 Å². The number of rotatable bonds is 2. The third-order valence-corrected chi connectivity index (χ3v) is 2.75. The summed E-state index contributed by atoms with van der Waals surface area (Å²) in [4.78, 5) is 7.54. The van der Waals surface area contributed by atoms with Crippen molar-refractivity contribution in [2.45, 2.75) is 25.2 Å². The molecule has 0 aromatic carbocycles. The molecular formula is C11H14N2. The van der Waals surface area contributed by atoms with Crippen LogP contribution in [0.4, 0.5) is 0 Å². The Morgan fingerprint density at radius 3 is 3.00 bits per heavy atom. The number of aromatic nitrogens is 2.